The standard InChI is InChI=1S/C12H24N4O4/c1-7(10(14)17)6-8(2)16-11(18)9(13)4-3-5-15-12(19)20/h7-9,15H,3-6,13H2,1-2H3,(H2,14,17)(H,16,18)(H,19,20)/t7-,8-,9-/m0/s1. The molecule has 0 aliphatic heterocycles. The van der Waals surface area contributed by atoms with E-state index in [9.17, 15) is 14.4 Å². The van der Waals surface area contributed by atoms with E-state index in [0.717, 1.165) is 0 Å². The highest BCUT2D eigenvalue weighted by Gasteiger charge is 2.18. The molecule has 0 aliphatic carbocycles. The highest BCUT2D eigenvalue weighted by molar-refractivity contribution is 5.82. The van der Waals surface area contributed by atoms with Gasteiger partial charge in [-0.15, -0.1) is 0 Å². The van der Waals surface area contributed by atoms with Crippen molar-refractivity contribution in [2.45, 2.75) is 45.2 Å². The molecular weight excluding hydrogens is 264 g/mol. The van der Waals surface area contributed by atoms with Crippen molar-refractivity contribution in [3.05, 3.63) is 0 Å². The highest BCUT2D eigenvalue weighted by Crippen LogP contribution is 2.05. The number of primary amides is 1. The Bertz CT molecular complexity index is 348. The van der Waals surface area contributed by atoms with Crippen LogP contribution in [0.3, 0.4) is 0 Å². The van der Waals surface area contributed by atoms with Gasteiger partial charge in [0.15, 0.2) is 0 Å². The first-order chi connectivity index (χ1) is 9.23. The maximum atomic E-state index is 11.7. The van der Waals surface area contributed by atoms with Gasteiger partial charge in [-0.1, -0.05) is 6.92 Å². The summed E-state index contributed by atoms with van der Waals surface area (Å²) in [6.45, 7) is 3.73. The molecule has 0 bridgehead atoms. The lowest BCUT2D eigenvalue weighted by atomic mass is 10.0. The second kappa shape index (κ2) is 9.13. The quantitative estimate of drug-likeness (QED) is 0.358. The zero-order valence-corrected chi connectivity index (χ0v) is 11.9. The average Bonchev–Trinajstić information content (AvgIpc) is 2.33. The monoisotopic (exact) mass is 288 g/mol. The molecule has 0 radical (unpaired) electrons. The molecule has 116 valence electrons. The van der Waals surface area contributed by atoms with Crippen molar-refractivity contribution < 1.29 is 19.5 Å². The molecule has 8 heteroatoms. The molecular formula is C12H24N4O4. The molecule has 7 N–H and O–H groups in total. The molecule has 0 saturated carbocycles. The third kappa shape index (κ3) is 8.30. The van der Waals surface area contributed by atoms with Gasteiger partial charge >= 0.3 is 6.09 Å². The molecule has 3 atom stereocenters. The molecule has 0 saturated heterocycles. The third-order valence-electron chi connectivity index (χ3n) is 2.89. The van der Waals surface area contributed by atoms with E-state index in [-0.39, 0.29) is 24.4 Å². The minimum Gasteiger partial charge on any atom is -0.465 e. The fraction of sp³-hybridized carbons (Fsp3) is 0.750. The van der Waals surface area contributed by atoms with E-state index in [4.69, 9.17) is 16.6 Å². The van der Waals surface area contributed by atoms with Gasteiger partial charge in [-0.05, 0) is 26.2 Å². The number of carboxylic acid groups (broad SMARTS) is 1. The molecule has 20 heavy (non-hydrogen) atoms. The number of carbonyl (C=O) groups excluding carboxylic acids is 2. The summed E-state index contributed by atoms with van der Waals surface area (Å²) in [5.41, 5.74) is 10.8. The maximum Gasteiger partial charge on any atom is 0.404 e. The Kier molecular flexibility index (Phi) is 8.30. The van der Waals surface area contributed by atoms with Crippen molar-refractivity contribution in [3.63, 3.8) is 0 Å². The number of nitrogens with one attached hydrogen (secondary N) is 2. The van der Waals surface area contributed by atoms with Crippen LogP contribution in [0.2, 0.25) is 0 Å². The van der Waals surface area contributed by atoms with E-state index in [2.05, 4.69) is 10.6 Å². The molecule has 0 spiro atoms. The van der Waals surface area contributed by atoms with Gasteiger partial charge < -0.3 is 27.2 Å². The van der Waals surface area contributed by atoms with Gasteiger partial charge in [0.05, 0.1) is 6.04 Å². The van der Waals surface area contributed by atoms with Crippen LogP contribution in [0.15, 0.2) is 0 Å². The lowest BCUT2D eigenvalue weighted by molar-refractivity contribution is -0.124. The second-order valence-corrected chi connectivity index (χ2v) is 4.93. The van der Waals surface area contributed by atoms with Crippen molar-refractivity contribution >= 4 is 17.9 Å². The molecule has 8 nitrogen and oxygen atoms in total. The Balaban J connectivity index is 3.94. The maximum absolute atomic E-state index is 11.7. The summed E-state index contributed by atoms with van der Waals surface area (Å²) in [7, 11) is 0. The molecule has 0 aromatic carbocycles. The Labute approximate surface area is 118 Å². The van der Waals surface area contributed by atoms with Crippen LogP contribution in [0, 0.1) is 5.92 Å². The van der Waals surface area contributed by atoms with Crippen LogP contribution < -0.4 is 22.1 Å². The first-order valence-corrected chi connectivity index (χ1v) is 6.56. The van der Waals surface area contributed by atoms with Crippen LogP contribution in [0.1, 0.15) is 33.1 Å². The van der Waals surface area contributed by atoms with Gasteiger partial charge in [-0.25, -0.2) is 4.79 Å². The van der Waals surface area contributed by atoms with Gasteiger partial charge in [0.25, 0.3) is 0 Å². The predicted molar refractivity (Wildman–Crippen MR) is 73.8 cm³/mol. The molecule has 0 unspecified atom stereocenters. The fourth-order valence-electron chi connectivity index (χ4n) is 1.70. The van der Waals surface area contributed by atoms with E-state index in [0.29, 0.717) is 19.3 Å². The van der Waals surface area contributed by atoms with E-state index in [1.54, 1.807) is 13.8 Å². The number of carbonyl (C=O) groups is 3. The molecule has 3 amide bonds. The van der Waals surface area contributed by atoms with E-state index >= 15 is 0 Å². The molecule has 0 fully saturated rings. The number of nitrogens with two attached hydrogens (primary N) is 2. The third-order valence-corrected chi connectivity index (χ3v) is 2.89. The Morgan fingerprint density at radius 1 is 1.25 bits per heavy atom. The molecule has 0 aromatic rings. The van der Waals surface area contributed by atoms with Crippen molar-refractivity contribution in [1.29, 1.82) is 0 Å². The summed E-state index contributed by atoms with van der Waals surface area (Å²) in [6.07, 6.45) is 0.211. The lowest BCUT2D eigenvalue weighted by Gasteiger charge is -2.19. The normalized spacial score (nSPS) is 14.9. The second-order valence-electron chi connectivity index (χ2n) is 4.93. The average molecular weight is 288 g/mol. The van der Waals surface area contributed by atoms with Gasteiger partial charge in [-0.3, -0.25) is 9.59 Å². The summed E-state index contributed by atoms with van der Waals surface area (Å²) in [5.74, 6) is -1.04. The van der Waals surface area contributed by atoms with E-state index < -0.39 is 18.0 Å². The lowest BCUT2D eigenvalue weighted by Crippen LogP contribution is -2.45. The van der Waals surface area contributed by atoms with Crippen LogP contribution in [-0.4, -0.2) is 41.6 Å². The zero-order valence-electron chi connectivity index (χ0n) is 11.9. The summed E-state index contributed by atoms with van der Waals surface area (Å²) in [6, 6.07) is -0.898. The van der Waals surface area contributed by atoms with Crippen LogP contribution in [0.25, 0.3) is 0 Å². The Morgan fingerprint density at radius 3 is 2.35 bits per heavy atom. The van der Waals surface area contributed by atoms with Crippen molar-refractivity contribution in [2.24, 2.45) is 17.4 Å². The van der Waals surface area contributed by atoms with Gasteiger partial charge in [0.2, 0.25) is 11.8 Å². The van der Waals surface area contributed by atoms with Crippen LogP contribution in [0.5, 0.6) is 0 Å². The predicted octanol–water partition coefficient (Wildman–Crippen LogP) is -0.622. The van der Waals surface area contributed by atoms with Crippen LogP contribution in [-0.2, 0) is 9.59 Å². The highest BCUT2D eigenvalue weighted by atomic mass is 16.4. The largest absolute Gasteiger partial charge is 0.465 e. The van der Waals surface area contributed by atoms with Crippen LogP contribution in [0.4, 0.5) is 4.79 Å². The SMILES string of the molecule is C[C@@H](C[C@H](C)C(N)=O)NC(=O)[C@@H](N)CCCNC(=O)O. The van der Waals surface area contributed by atoms with E-state index in [1.165, 1.54) is 0 Å². The summed E-state index contributed by atoms with van der Waals surface area (Å²) < 4.78 is 0. The summed E-state index contributed by atoms with van der Waals surface area (Å²) in [5, 5.41) is 13.3. The molecule has 0 aromatic heterocycles. The zero-order chi connectivity index (χ0) is 15.7. The minimum atomic E-state index is -1.10. The minimum absolute atomic E-state index is 0.201. The number of rotatable bonds is 9. The van der Waals surface area contributed by atoms with Gasteiger partial charge in [0.1, 0.15) is 0 Å². The number of hydrogen-bond donors (Lipinski definition) is 5. The molecule has 0 aliphatic rings. The van der Waals surface area contributed by atoms with Crippen molar-refractivity contribution in [1.82, 2.24) is 10.6 Å². The summed E-state index contributed by atoms with van der Waals surface area (Å²) >= 11 is 0. The first kappa shape index (κ1) is 18.2. The topological polar surface area (TPSA) is 148 Å². The first-order valence-electron chi connectivity index (χ1n) is 6.56. The van der Waals surface area contributed by atoms with Gasteiger partial charge in [-0.2, -0.15) is 0 Å². The smallest absolute Gasteiger partial charge is 0.404 e. The Morgan fingerprint density at radius 2 is 1.85 bits per heavy atom. The fourth-order valence-corrected chi connectivity index (χ4v) is 1.70. The summed E-state index contributed by atoms with van der Waals surface area (Å²) in [4.78, 5) is 32.9. The van der Waals surface area contributed by atoms with Crippen molar-refractivity contribution in [3.8, 4) is 0 Å². The van der Waals surface area contributed by atoms with Crippen LogP contribution >= 0.6 is 0 Å². The Hall–Kier alpha value is -1.83. The molecule has 0 heterocycles. The van der Waals surface area contributed by atoms with E-state index in [1.807, 2.05) is 0 Å². The molecule has 0 rings (SSSR count). The number of amides is 3. The van der Waals surface area contributed by atoms with Gasteiger partial charge in [0, 0.05) is 18.5 Å². The van der Waals surface area contributed by atoms with Crippen molar-refractivity contribution in [2.75, 3.05) is 6.54 Å². The number of hydrogen-bond acceptors (Lipinski definition) is 4.